The molecule has 11 heavy (non-hydrogen) atoms. The third-order valence-electron chi connectivity index (χ3n) is 1.79. The fraction of sp³-hybridized carbons (Fsp3) is 0.714. The predicted molar refractivity (Wildman–Crippen MR) is 37.8 cm³/mol. The zero-order valence-electron chi connectivity index (χ0n) is 6.66. The first-order valence-corrected chi connectivity index (χ1v) is 3.59. The molecule has 0 N–H and O–H groups in total. The van der Waals surface area contributed by atoms with Crippen molar-refractivity contribution in [3.8, 4) is 0 Å². The summed E-state index contributed by atoms with van der Waals surface area (Å²) < 4.78 is 4.73. The van der Waals surface area contributed by atoms with Gasteiger partial charge < -0.3 is 9.64 Å². The Morgan fingerprint density at radius 1 is 1.82 bits per heavy atom. The lowest BCUT2D eigenvalue weighted by molar-refractivity contribution is -0.163. The van der Waals surface area contributed by atoms with Crippen LogP contribution in [-0.2, 0) is 14.3 Å². The number of likely N-dealkylation sites (N-methyl/N-ethyl adjacent to an activating group) is 1. The Hall–Kier alpha value is -1.06. The number of esters is 1. The number of hydrogen-bond acceptors (Lipinski definition) is 3. The van der Waals surface area contributed by atoms with E-state index < -0.39 is 0 Å². The molecule has 1 fully saturated rings. The summed E-state index contributed by atoms with van der Waals surface area (Å²) in [5, 5.41) is 0. The van der Waals surface area contributed by atoms with Crippen molar-refractivity contribution in [2.24, 2.45) is 0 Å². The second kappa shape index (κ2) is 2.90. The molecular weight excluding hydrogens is 146 g/mol. The normalized spacial score (nSPS) is 22.9. The van der Waals surface area contributed by atoms with Crippen molar-refractivity contribution in [2.75, 3.05) is 13.7 Å². The predicted octanol–water partition coefficient (Wildman–Crippen LogP) is -0.220. The van der Waals surface area contributed by atoms with Crippen molar-refractivity contribution < 1.29 is 14.3 Å². The highest BCUT2D eigenvalue weighted by atomic mass is 16.5. The molecule has 1 unspecified atom stereocenters. The molecule has 1 atom stereocenters. The molecule has 4 heteroatoms. The van der Waals surface area contributed by atoms with Gasteiger partial charge in [-0.15, -0.1) is 0 Å². The first kappa shape index (κ1) is 8.04. The lowest BCUT2D eigenvalue weighted by Gasteiger charge is -2.34. The van der Waals surface area contributed by atoms with Crippen molar-refractivity contribution in [2.45, 2.75) is 19.4 Å². The number of carbonyl (C=O) groups is 2. The van der Waals surface area contributed by atoms with E-state index in [4.69, 9.17) is 4.74 Å². The van der Waals surface area contributed by atoms with Gasteiger partial charge in [-0.25, -0.2) is 4.79 Å². The molecule has 1 aliphatic rings. The van der Waals surface area contributed by atoms with Gasteiger partial charge in [-0.2, -0.15) is 0 Å². The van der Waals surface area contributed by atoms with E-state index >= 15 is 0 Å². The number of ether oxygens (including phenoxy) is 1. The van der Waals surface area contributed by atoms with E-state index in [1.807, 2.05) is 0 Å². The number of carbonyl (C=O) groups excluding carboxylic acids is 2. The molecule has 1 heterocycles. The van der Waals surface area contributed by atoms with Gasteiger partial charge >= 0.3 is 5.97 Å². The van der Waals surface area contributed by atoms with Gasteiger partial charge in [0, 0.05) is 7.05 Å². The lowest BCUT2D eigenvalue weighted by atomic mass is 10.0. The molecule has 0 aromatic carbocycles. The number of nitrogens with zero attached hydrogens (tertiary/aromatic N) is 1. The van der Waals surface area contributed by atoms with Gasteiger partial charge in [0.15, 0.2) is 0 Å². The van der Waals surface area contributed by atoms with Crippen LogP contribution in [0.4, 0.5) is 0 Å². The third kappa shape index (κ3) is 1.34. The number of hydrogen-bond donors (Lipinski definition) is 0. The van der Waals surface area contributed by atoms with Gasteiger partial charge in [0.1, 0.15) is 6.04 Å². The average Bonchev–Trinajstić information content (AvgIpc) is 1.99. The fourth-order valence-corrected chi connectivity index (χ4v) is 0.988. The monoisotopic (exact) mass is 157 g/mol. The zero-order valence-corrected chi connectivity index (χ0v) is 6.66. The van der Waals surface area contributed by atoms with Crippen molar-refractivity contribution in [3.63, 3.8) is 0 Å². The maximum Gasteiger partial charge on any atom is 0.329 e. The molecule has 0 bridgehead atoms. The van der Waals surface area contributed by atoms with Crippen molar-refractivity contribution in [1.29, 1.82) is 0 Å². The highest BCUT2D eigenvalue weighted by Gasteiger charge is 2.39. The highest BCUT2D eigenvalue weighted by Crippen LogP contribution is 2.17. The molecule has 0 saturated carbocycles. The molecule has 0 aliphatic carbocycles. The van der Waals surface area contributed by atoms with Gasteiger partial charge in [-0.05, 0) is 6.92 Å². The molecule has 1 aliphatic heterocycles. The molecule has 0 spiro atoms. The Balaban J connectivity index is 2.39. The van der Waals surface area contributed by atoms with E-state index in [0.29, 0.717) is 13.0 Å². The van der Waals surface area contributed by atoms with E-state index in [-0.39, 0.29) is 17.9 Å². The average molecular weight is 157 g/mol. The van der Waals surface area contributed by atoms with Gasteiger partial charge in [-0.1, -0.05) is 0 Å². The summed E-state index contributed by atoms with van der Waals surface area (Å²) in [4.78, 5) is 23.0. The molecule has 62 valence electrons. The minimum atomic E-state index is -0.331. The molecule has 0 aromatic rings. The topological polar surface area (TPSA) is 46.6 Å². The molecule has 1 amide bonds. The number of amides is 1. The largest absolute Gasteiger partial charge is 0.464 e. The Morgan fingerprint density at radius 3 is 2.82 bits per heavy atom. The Bertz CT molecular complexity index is 190. The van der Waals surface area contributed by atoms with E-state index in [2.05, 4.69) is 0 Å². The maximum atomic E-state index is 11.0. The van der Waals surface area contributed by atoms with Crippen LogP contribution in [0.25, 0.3) is 0 Å². The van der Waals surface area contributed by atoms with Crippen LogP contribution in [0.2, 0.25) is 0 Å². The summed E-state index contributed by atoms with van der Waals surface area (Å²) in [5.41, 5.74) is 0. The van der Waals surface area contributed by atoms with Gasteiger partial charge in [-0.3, -0.25) is 4.79 Å². The van der Waals surface area contributed by atoms with Crippen molar-refractivity contribution in [3.05, 3.63) is 0 Å². The Morgan fingerprint density at radius 2 is 2.45 bits per heavy atom. The van der Waals surface area contributed by atoms with Crippen molar-refractivity contribution >= 4 is 11.9 Å². The van der Waals surface area contributed by atoms with E-state index in [9.17, 15) is 9.59 Å². The summed E-state index contributed by atoms with van der Waals surface area (Å²) in [6, 6.07) is -0.331. The second-order valence-electron chi connectivity index (χ2n) is 2.48. The van der Waals surface area contributed by atoms with Crippen LogP contribution in [-0.4, -0.2) is 36.5 Å². The first-order chi connectivity index (χ1) is 5.16. The Labute approximate surface area is 65.1 Å². The fourth-order valence-electron chi connectivity index (χ4n) is 0.988. The number of likely N-dealkylation sites (tertiary alicyclic amines) is 1. The second-order valence-corrected chi connectivity index (χ2v) is 2.48. The van der Waals surface area contributed by atoms with Gasteiger partial charge in [0.05, 0.1) is 13.0 Å². The van der Waals surface area contributed by atoms with E-state index in [1.54, 1.807) is 14.0 Å². The van der Waals surface area contributed by atoms with Gasteiger partial charge in [0.2, 0.25) is 5.91 Å². The van der Waals surface area contributed by atoms with Crippen molar-refractivity contribution in [1.82, 2.24) is 4.90 Å². The smallest absolute Gasteiger partial charge is 0.329 e. The van der Waals surface area contributed by atoms with Crippen LogP contribution >= 0.6 is 0 Å². The highest BCUT2D eigenvalue weighted by molar-refractivity contribution is 5.94. The van der Waals surface area contributed by atoms with Crippen LogP contribution in [0.3, 0.4) is 0 Å². The summed E-state index contributed by atoms with van der Waals surface area (Å²) in [7, 11) is 1.60. The molecule has 1 saturated heterocycles. The van der Waals surface area contributed by atoms with E-state index in [1.165, 1.54) is 4.90 Å². The molecule has 4 nitrogen and oxygen atoms in total. The van der Waals surface area contributed by atoms with Crippen LogP contribution in [0.1, 0.15) is 13.3 Å². The quantitative estimate of drug-likeness (QED) is 0.411. The van der Waals surface area contributed by atoms with E-state index in [0.717, 1.165) is 0 Å². The maximum absolute atomic E-state index is 11.0. The molecule has 1 rings (SSSR count). The SMILES string of the molecule is CCOC(=O)C1CC(=O)N1C. The minimum Gasteiger partial charge on any atom is -0.464 e. The molecular formula is C7H11NO3. The Kier molecular flexibility index (Phi) is 2.12. The summed E-state index contributed by atoms with van der Waals surface area (Å²) in [5.74, 6) is -0.294. The van der Waals surface area contributed by atoms with Crippen LogP contribution in [0.15, 0.2) is 0 Å². The summed E-state index contributed by atoms with van der Waals surface area (Å²) in [6.07, 6.45) is 0.301. The summed E-state index contributed by atoms with van der Waals surface area (Å²) >= 11 is 0. The molecule has 0 radical (unpaired) electrons. The third-order valence-corrected chi connectivity index (χ3v) is 1.79. The van der Waals surface area contributed by atoms with Gasteiger partial charge in [0.25, 0.3) is 0 Å². The van der Waals surface area contributed by atoms with Crippen LogP contribution in [0.5, 0.6) is 0 Å². The number of β-lactam (4-membered cyclic amide) rings is 1. The van der Waals surface area contributed by atoms with Crippen LogP contribution < -0.4 is 0 Å². The minimum absolute atomic E-state index is 0.00283. The lowest BCUT2D eigenvalue weighted by Crippen LogP contribution is -2.54. The zero-order chi connectivity index (χ0) is 8.43. The standard InChI is InChI=1S/C7H11NO3/c1-3-11-7(10)5-4-6(9)8(5)2/h5H,3-4H2,1-2H3. The first-order valence-electron chi connectivity index (χ1n) is 3.59. The molecule has 0 aromatic heterocycles. The number of rotatable bonds is 2. The summed E-state index contributed by atoms with van der Waals surface area (Å²) in [6.45, 7) is 2.12. The van der Waals surface area contributed by atoms with Crippen LogP contribution in [0, 0.1) is 0 Å².